The third-order valence-corrected chi connectivity index (χ3v) is 6.08. The summed E-state index contributed by atoms with van der Waals surface area (Å²) in [5.41, 5.74) is -0.367. The van der Waals surface area contributed by atoms with E-state index in [0.717, 1.165) is 25.0 Å². The highest BCUT2D eigenvalue weighted by atomic mass is 19.4. The van der Waals surface area contributed by atoms with Crippen LogP contribution in [0.2, 0.25) is 0 Å². The van der Waals surface area contributed by atoms with Crippen molar-refractivity contribution in [2.24, 2.45) is 11.8 Å². The van der Waals surface area contributed by atoms with Gasteiger partial charge in [0.05, 0.1) is 11.6 Å². The average molecular weight is 453 g/mol. The lowest BCUT2D eigenvalue weighted by molar-refractivity contribution is -0.137. The first-order chi connectivity index (χ1) is 15.0. The molecule has 1 aromatic carbocycles. The molecule has 2 N–H and O–H groups in total. The van der Waals surface area contributed by atoms with Gasteiger partial charge in [0, 0.05) is 19.1 Å². The summed E-state index contributed by atoms with van der Waals surface area (Å²) in [6, 6.07) is 3.52. The normalized spacial score (nSPS) is 23.0. The number of nitrogens with zero attached hydrogens (tertiary/aromatic N) is 4. The van der Waals surface area contributed by atoms with Crippen molar-refractivity contribution in [2.45, 2.75) is 51.9 Å². The Balaban J connectivity index is 1.55. The molecule has 3 atom stereocenters. The van der Waals surface area contributed by atoms with Gasteiger partial charge in [-0.25, -0.2) is 9.48 Å². The average Bonchev–Trinajstić information content (AvgIpc) is 3.17. The second-order valence-corrected chi connectivity index (χ2v) is 8.85. The first-order valence-corrected chi connectivity index (χ1v) is 10.6. The maximum absolute atomic E-state index is 13.2. The van der Waals surface area contributed by atoms with Crippen LogP contribution in [0.4, 0.5) is 23.9 Å². The molecule has 2 fully saturated rings. The zero-order valence-electron chi connectivity index (χ0n) is 18.1. The highest BCUT2D eigenvalue weighted by Crippen LogP contribution is 2.39. The summed E-state index contributed by atoms with van der Waals surface area (Å²) in [4.78, 5) is 17.2. The van der Waals surface area contributed by atoms with Crippen LogP contribution < -0.4 is 10.1 Å². The summed E-state index contributed by atoms with van der Waals surface area (Å²) in [5.74, 6) is 0.675. The number of fused-ring (bicyclic) bond motifs is 2. The van der Waals surface area contributed by atoms with Crippen LogP contribution in [0, 0.1) is 18.8 Å². The van der Waals surface area contributed by atoms with Gasteiger partial charge in [0.15, 0.2) is 0 Å². The van der Waals surface area contributed by atoms with Crippen LogP contribution in [-0.2, 0) is 6.18 Å². The van der Waals surface area contributed by atoms with Crippen LogP contribution in [0.25, 0.3) is 0 Å². The van der Waals surface area contributed by atoms with Gasteiger partial charge in [0.2, 0.25) is 5.95 Å². The van der Waals surface area contributed by atoms with Crippen molar-refractivity contribution in [3.05, 3.63) is 29.3 Å². The molecule has 0 unspecified atom stereocenters. The Morgan fingerprint density at radius 3 is 2.44 bits per heavy atom. The fraction of sp³-hybridized carbons (Fsp3) is 0.571. The Labute approximate surface area is 183 Å². The van der Waals surface area contributed by atoms with Crippen molar-refractivity contribution in [3.63, 3.8) is 0 Å². The number of anilines is 1. The summed E-state index contributed by atoms with van der Waals surface area (Å²) in [7, 11) is 0. The summed E-state index contributed by atoms with van der Waals surface area (Å²) in [6.45, 7) is 6.24. The number of piperidine rings is 1. The van der Waals surface area contributed by atoms with Crippen LogP contribution in [0.3, 0.4) is 0 Å². The molecule has 0 spiro atoms. The molecule has 1 amide bonds. The number of aromatic nitrogens is 3. The molecule has 1 saturated heterocycles. The van der Waals surface area contributed by atoms with Gasteiger partial charge in [0.1, 0.15) is 5.75 Å². The molecule has 4 rings (SSSR count). The van der Waals surface area contributed by atoms with E-state index < -0.39 is 17.8 Å². The number of rotatable bonds is 5. The highest BCUT2D eigenvalue weighted by Gasteiger charge is 2.44. The van der Waals surface area contributed by atoms with Gasteiger partial charge in [-0.2, -0.15) is 18.2 Å². The number of aryl methyl sites for hydroxylation is 1. The third kappa shape index (κ3) is 4.46. The molecule has 1 saturated carbocycles. The summed E-state index contributed by atoms with van der Waals surface area (Å²) >= 11 is 0. The van der Waals surface area contributed by atoms with Gasteiger partial charge in [-0.3, -0.25) is 0 Å². The van der Waals surface area contributed by atoms with Gasteiger partial charge in [0.25, 0.3) is 0 Å². The Hall–Kier alpha value is -2.98. The third-order valence-electron chi connectivity index (χ3n) is 6.08. The minimum absolute atomic E-state index is 0.0352. The van der Waals surface area contributed by atoms with Crippen molar-refractivity contribution in [1.82, 2.24) is 19.7 Å². The monoisotopic (exact) mass is 453 g/mol. The smallest absolute Gasteiger partial charge is 0.416 e. The van der Waals surface area contributed by atoms with E-state index in [9.17, 15) is 23.1 Å². The van der Waals surface area contributed by atoms with E-state index >= 15 is 0 Å². The largest absolute Gasteiger partial charge is 0.465 e. The first-order valence-electron chi connectivity index (χ1n) is 10.6. The lowest BCUT2D eigenvalue weighted by Gasteiger charge is -2.36. The molecular weight excluding hydrogens is 427 g/mol. The van der Waals surface area contributed by atoms with Crippen LogP contribution in [-0.4, -0.2) is 50.0 Å². The van der Waals surface area contributed by atoms with Gasteiger partial charge in [-0.15, -0.1) is 5.10 Å². The van der Waals surface area contributed by atoms with Crippen molar-refractivity contribution in [2.75, 3.05) is 18.4 Å². The van der Waals surface area contributed by atoms with E-state index in [1.54, 1.807) is 6.92 Å². The zero-order valence-corrected chi connectivity index (χ0v) is 18.1. The van der Waals surface area contributed by atoms with E-state index in [2.05, 4.69) is 15.4 Å². The topological polar surface area (TPSA) is 92.5 Å². The molecule has 1 aliphatic carbocycles. The number of hydrogen-bond acceptors (Lipinski definition) is 5. The van der Waals surface area contributed by atoms with E-state index in [1.807, 2.05) is 13.8 Å². The number of ether oxygens (including phenoxy) is 1. The van der Waals surface area contributed by atoms with Crippen LogP contribution in [0.15, 0.2) is 18.2 Å². The lowest BCUT2D eigenvalue weighted by Crippen LogP contribution is -2.49. The summed E-state index contributed by atoms with van der Waals surface area (Å²) < 4.78 is 46.8. The number of carbonyl (C=O) groups is 1. The lowest BCUT2D eigenvalue weighted by atomic mass is 9.92. The van der Waals surface area contributed by atoms with Gasteiger partial charge >= 0.3 is 18.3 Å². The molecule has 2 heterocycles. The molecule has 174 valence electrons. The minimum Gasteiger partial charge on any atom is -0.465 e. The molecule has 1 aromatic heterocycles. The predicted octanol–water partition coefficient (Wildman–Crippen LogP) is 4.78. The number of halogens is 3. The molecule has 2 bridgehead atoms. The number of alkyl halides is 3. The zero-order chi connectivity index (χ0) is 23.2. The first kappa shape index (κ1) is 22.2. The maximum atomic E-state index is 13.2. The van der Waals surface area contributed by atoms with Gasteiger partial charge in [-0.1, -0.05) is 0 Å². The van der Waals surface area contributed by atoms with Crippen molar-refractivity contribution in [3.8, 4) is 11.8 Å². The molecule has 2 aliphatic rings. The molecule has 2 aromatic rings. The molecule has 11 heteroatoms. The second-order valence-electron chi connectivity index (χ2n) is 8.85. The maximum Gasteiger partial charge on any atom is 0.416 e. The number of likely N-dealkylation sites (tertiary alicyclic amines) is 1. The Bertz CT molecular complexity index is 993. The minimum atomic E-state index is -4.48. The van der Waals surface area contributed by atoms with Crippen molar-refractivity contribution < 1.29 is 27.8 Å². The number of nitrogens with one attached hydrogen (secondary N) is 1. The van der Waals surface area contributed by atoms with Gasteiger partial charge in [-0.05, 0) is 69.2 Å². The van der Waals surface area contributed by atoms with Crippen LogP contribution in [0.1, 0.15) is 43.9 Å². The number of carboxylic acid groups (broad SMARTS) is 1. The SMILES string of the molecule is Cc1cc(Oc2nc(N[C@H]3[C@@H]4CC[C@H]3CN(C(=O)O)C4)nn2C(C)C)cc(C(F)(F)F)c1. The second kappa shape index (κ2) is 8.18. The van der Waals surface area contributed by atoms with E-state index in [-0.39, 0.29) is 35.7 Å². The van der Waals surface area contributed by atoms with Crippen LogP contribution in [0.5, 0.6) is 11.8 Å². The van der Waals surface area contributed by atoms with Crippen LogP contribution >= 0.6 is 0 Å². The molecule has 0 radical (unpaired) electrons. The predicted molar refractivity (Wildman–Crippen MR) is 110 cm³/mol. The number of amides is 1. The fourth-order valence-corrected chi connectivity index (χ4v) is 4.62. The number of benzene rings is 1. The quantitative estimate of drug-likeness (QED) is 0.677. The standard InChI is InChI=1S/C21H26F3N5O3/c1-11(2)29-19(32-16-7-12(3)6-15(8-16)21(22,23)24)26-18(27-29)25-17-13-4-5-14(17)10-28(9-13)20(30)31/h6-8,11,13-14,17H,4-5,9-10H2,1-3H3,(H,25,27)(H,30,31)/t13-,14+,17+. The summed E-state index contributed by atoms with van der Waals surface area (Å²) in [6.07, 6.45) is -3.55. The van der Waals surface area contributed by atoms with Gasteiger partial charge < -0.3 is 20.1 Å². The Morgan fingerprint density at radius 2 is 1.88 bits per heavy atom. The molecular formula is C21H26F3N5O3. The van der Waals surface area contributed by atoms with Crippen molar-refractivity contribution >= 4 is 12.0 Å². The highest BCUT2D eigenvalue weighted by molar-refractivity contribution is 5.65. The molecule has 8 nitrogen and oxygen atoms in total. The van der Waals surface area contributed by atoms with E-state index in [0.29, 0.717) is 24.6 Å². The number of hydrogen-bond donors (Lipinski definition) is 2. The fourth-order valence-electron chi connectivity index (χ4n) is 4.62. The Kier molecular flexibility index (Phi) is 5.68. The summed E-state index contributed by atoms with van der Waals surface area (Å²) in [5, 5.41) is 17.1. The molecule has 32 heavy (non-hydrogen) atoms. The Morgan fingerprint density at radius 1 is 1.22 bits per heavy atom. The molecule has 1 aliphatic heterocycles. The van der Waals surface area contributed by atoms with Crippen molar-refractivity contribution in [1.29, 1.82) is 0 Å². The van der Waals surface area contributed by atoms with E-state index in [4.69, 9.17) is 4.74 Å². The van der Waals surface area contributed by atoms with E-state index in [1.165, 1.54) is 15.6 Å².